The first-order valence-electron chi connectivity index (χ1n) is 7.84. The number of hydrogen-bond donors (Lipinski definition) is 1. The molecule has 1 saturated heterocycles. The lowest BCUT2D eigenvalue weighted by atomic mass is 10.0. The average molecular weight is 275 g/mol. The van der Waals surface area contributed by atoms with Crippen LogP contribution in [-0.4, -0.2) is 56.6 Å². The minimum Gasteiger partial charge on any atom is -0.312 e. The second-order valence-electron chi connectivity index (χ2n) is 6.06. The normalized spacial score (nSPS) is 17.8. The van der Waals surface area contributed by atoms with Crippen molar-refractivity contribution in [3.63, 3.8) is 0 Å². The zero-order valence-corrected chi connectivity index (χ0v) is 13.2. The SMILES string of the molecule is CNC(CN(C)CCN1CCCC1)c1ccc(C)cc1. The molecule has 1 N–H and O–H groups in total. The maximum absolute atomic E-state index is 3.44. The summed E-state index contributed by atoms with van der Waals surface area (Å²) in [5, 5.41) is 3.44. The van der Waals surface area contributed by atoms with Crippen molar-refractivity contribution in [2.24, 2.45) is 0 Å². The number of hydrogen-bond acceptors (Lipinski definition) is 3. The highest BCUT2D eigenvalue weighted by Crippen LogP contribution is 2.15. The standard InChI is InChI=1S/C17H29N3/c1-15-6-8-16(9-7-15)17(18-2)14-19(3)12-13-20-10-4-5-11-20/h6-9,17-18H,4-5,10-14H2,1-3H3. The Bertz CT molecular complexity index is 382. The predicted octanol–water partition coefficient (Wildman–Crippen LogP) is 2.28. The summed E-state index contributed by atoms with van der Waals surface area (Å²) >= 11 is 0. The van der Waals surface area contributed by atoms with Crippen molar-refractivity contribution in [3.05, 3.63) is 35.4 Å². The van der Waals surface area contributed by atoms with Crippen LogP contribution in [0.2, 0.25) is 0 Å². The van der Waals surface area contributed by atoms with Crippen LogP contribution in [0.3, 0.4) is 0 Å². The van der Waals surface area contributed by atoms with Crippen LogP contribution < -0.4 is 5.32 Å². The van der Waals surface area contributed by atoms with Crippen LogP contribution >= 0.6 is 0 Å². The maximum atomic E-state index is 3.44. The van der Waals surface area contributed by atoms with Gasteiger partial charge in [-0.05, 0) is 52.5 Å². The van der Waals surface area contributed by atoms with Gasteiger partial charge >= 0.3 is 0 Å². The Hall–Kier alpha value is -0.900. The van der Waals surface area contributed by atoms with Gasteiger partial charge in [-0.3, -0.25) is 0 Å². The lowest BCUT2D eigenvalue weighted by Gasteiger charge is -2.26. The molecule has 0 aromatic heterocycles. The summed E-state index contributed by atoms with van der Waals surface area (Å²) in [5.41, 5.74) is 2.71. The van der Waals surface area contributed by atoms with E-state index in [1.54, 1.807) is 0 Å². The number of nitrogens with one attached hydrogen (secondary N) is 1. The summed E-state index contributed by atoms with van der Waals surface area (Å²) < 4.78 is 0. The molecule has 3 nitrogen and oxygen atoms in total. The summed E-state index contributed by atoms with van der Waals surface area (Å²) in [6.07, 6.45) is 2.76. The number of likely N-dealkylation sites (tertiary alicyclic amines) is 1. The van der Waals surface area contributed by atoms with Gasteiger partial charge in [-0.25, -0.2) is 0 Å². The largest absolute Gasteiger partial charge is 0.312 e. The molecule has 1 atom stereocenters. The summed E-state index contributed by atoms with van der Waals surface area (Å²) in [4.78, 5) is 5.02. The van der Waals surface area contributed by atoms with E-state index in [4.69, 9.17) is 0 Å². The van der Waals surface area contributed by atoms with Crippen molar-refractivity contribution in [2.75, 3.05) is 46.8 Å². The van der Waals surface area contributed by atoms with Crippen LogP contribution in [0.5, 0.6) is 0 Å². The molecular weight excluding hydrogens is 246 g/mol. The number of benzene rings is 1. The van der Waals surface area contributed by atoms with Crippen LogP contribution in [0.4, 0.5) is 0 Å². The molecule has 1 unspecified atom stereocenters. The van der Waals surface area contributed by atoms with E-state index in [9.17, 15) is 0 Å². The fourth-order valence-corrected chi connectivity index (χ4v) is 2.88. The third kappa shape index (κ3) is 4.58. The lowest BCUT2D eigenvalue weighted by Crippen LogP contribution is -2.36. The zero-order valence-electron chi connectivity index (χ0n) is 13.2. The number of nitrogens with zero attached hydrogens (tertiary/aromatic N) is 2. The Balaban J connectivity index is 1.80. The van der Waals surface area contributed by atoms with E-state index in [1.165, 1.54) is 43.6 Å². The molecule has 0 bridgehead atoms. The van der Waals surface area contributed by atoms with E-state index in [2.05, 4.69) is 60.4 Å². The molecule has 0 saturated carbocycles. The Kier molecular flexibility index (Phi) is 6.02. The Morgan fingerprint density at radius 1 is 1.20 bits per heavy atom. The van der Waals surface area contributed by atoms with Crippen molar-refractivity contribution >= 4 is 0 Å². The molecule has 0 aliphatic carbocycles. The summed E-state index contributed by atoms with van der Waals surface area (Å²) in [5.74, 6) is 0. The van der Waals surface area contributed by atoms with Crippen molar-refractivity contribution in [1.82, 2.24) is 15.1 Å². The highest BCUT2D eigenvalue weighted by atomic mass is 15.2. The van der Waals surface area contributed by atoms with Gasteiger partial charge in [-0.15, -0.1) is 0 Å². The molecule has 0 spiro atoms. The smallest absolute Gasteiger partial charge is 0.0446 e. The van der Waals surface area contributed by atoms with E-state index < -0.39 is 0 Å². The summed E-state index contributed by atoms with van der Waals surface area (Å²) in [7, 11) is 4.29. The van der Waals surface area contributed by atoms with Crippen molar-refractivity contribution in [1.29, 1.82) is 0 Å². The fraction of sp³-hybridized carbons (Fsp3) is 0.647. The molecule has 1 aliphatic rings. The second-order valence-corrected chi connectivity index (χ2v) is 6.06. The number of aryl methyl sites for hydroxylation is 1. The number of rotatable bonds is 7. The first-order chi connectivity index (χ1) is 9.69. The van der Waals surface area contributed by atoms with Gasteiger partial charge in [-0.2, -0.15) is 0 Å². The Morgan fingerprint density at radius 2 is 1.85 bits per heavy atom. The van der Waals surface area contributed by atoms with Crippen molar-refractivity contribution < 1.29 is 0 Å². The van der Waals surface area contributed by atoms with Gasteiger partial charge in [-0.1, -0.05) is 29.8 Å². The highest BCUT2D eigenvalue weighted by molar-refractivity contribution is 5.24. The molecule has 0 amide bonds. The van der Waals surface area contributed by atoms with Gasteiger partial charge in [0.05, 0.1) is 0 Å². The summed E-state index contributed by atoms with van der Waals surface area (Å²) in [6, 6.07) is 9.29. The molecule has 20 heavy (non-hydrogen) atoms. The second kappa shape index (κ2) is 7.77. The van der Waals surface area contributed by atoms with Crippen molar-refractivity contribution in [3.8, 4) is 0 Å². The van der Waals surface area contributed by atoms with Gasteiger partial charge < -0.3 is 15.1 Å². The van der Waals surface area contributed by atoms with E-state index in [1.807, 2.05) is 0 Å². The van der Waals surface area contributed by atoms with Crippen LogP contribution in [0, 0.1) is 6.92 Å². The fourth-order valence-electron chi connectivity index (χ4n) is 2.88. The Morgan fingerprint density at radius 3 is 2.45 bits per heavy atom. The average Bonchev–Trinajstić information content (AvgIpc) is 2.97. The van der Waals surface area contributed by atoms with Crippen LogP contribution in [0.1, 0.15) is 30.0 Å². The van der Waals surface area contributed by atoms with Gasteiger partial charge in [0.1, 0.15) is 0 Å². The van der Waals surface area contributed by atoms with E-state index in [-0.39, 0.29) is 0 Å². The maximum Gasteiger partial charge on any atom is 0.0446 e. The van der Waals surface area contributed by atoms with Crippen LogP contribution in [0.25, 0.3) is 0 Å². The lowest BCUT2D eigenvalue weighted by molar-refractivity contribution is 0.241. The van der Waals surface area contributed by atoms with Gasteiger partial charge in [0.2, 0.25) is 0 Å². The minimum absolute atomic E-state index is 0.416. The molecule has 2 rings (SSSR count). The molecule has 1 aromatic carbocycles. The predicted molar refractivity (Wildman–Crippen MR) is 86.2 cm³/mol. The highest BCUT2D eigenvalue weighted by Gasteiger charge is 2.14. The van der Waals surface area contributed by atoms with Gasteiger partial charge in [0, 0.05) is 25.7 Å². The molecule has 1 aromatic rings. The van der Waals surface area contributed by atoms with E-state index >= 15 is 0 Å². The summed E-state index contributed by atoms with van der Waals surface area (Å²) in [6.45, 7) is 8.15. The first kappa shape index (κ1) is 15.5. The zero-order chi connectivity index (χ0) is 14.4. The Labute approximate surface area is 124 Å². The molecule has 1 fully saturated rings. The third-order valence-electron chi connectivity index (χ3n) is 4.32. The first-order valence-corrected chi connectivity index (χ1v) is 7.84. The van der Waals surface area contributed by atoms with Crippen molar-refractivity contribution in [2.45, 2.75) is 25.8 Å². The quantitative estimate of drug-likeness (QED) is 0.823. The molecule has 1 heterocycles. The van der Waals surface area contributed by atoms with E-state index in [0.29, 0.717) is 6.04 Å². The monoisotopic (exact) mass is 275 g/mol. The van der Waals surface area contributed by atoms with E-state index in [0.717, 1.165) is 13.1 Å². The molecule has 3 heteroatoms. The number of likely N-dealkylation sites (N-methyl/N-ethyl adjacent to an activating group) is 2. The van der Waals surface area contributed by atoms with Gasteiger partial charge in [0.25, 0.3) is 0 Å². The molecule has 1 aliphatic heterocycles. The van der Waals surface area contributed by atoms with Crippen LogP contribution in [-0.2, 0) is 0 Å². The third-order valence-corrected chi connectivity index (χ3v) is 4.32. The topological polar surface area (TPSA) is 18.5 Å². The molecule has 112 valence electrons. The van der Waals surface area contributed by atoms with Crippen LogP contribution in [0.15, 0.2) is 24.3 Å². The molecular formula is C17H29N3. The minimum atomic E-state index is 0.416. The molecule has 0 radical (unpaired) electrons. The van der Waals surface area contributed by atoms with Gasteiger partial charge in [0.15, 0.2) is 0 Å².